The minimum absolute atomic E-state index is 0.0425. The number of carbonyl (C=O) groups is 1. The molecular formula is C22H26ClFN6O4S. The maximum Gasteiger partial charge on any atom is 0.332 e. The first-order valence-corrected chi connectivity index (χ1v) is 12.3. The molecular weight excluding hydrogens is 499 g/mol. The van der Waals surface area contributed by atoms with Crippen molar-refractivity contribution in [1.82, 2.24) is 5.32 Å². The Hall–Kier alpha value is -3.38. The predicted molar refractivity (Wildman–Crippen MR) is 133 cm³/mol. The molecule has 1 aliphatic heterocycles. The van der Waals surface area contributed by atoms with Crippen molar-refractivity contribution in [1.29, 1.82) is 0 Å². The minimum Gasteiger partial charge on any atom is -0.492 e. The van der Waals surface area contributed by atoms with Gasteiger partial charge in [-0.2, -0.15) is 13.4 Å². The number of rotatable bonds is 8. The molecule has 0 radical (unpaired) electrons. The van der Waals surface area contributed by atoms with Crippen LogP contribution >= 0.6 is 11.6 Å². The molecule has 0 unspecified atom stereocenters. The van der Waals surface area contributed by atoms with Gasteiger partial charge in [0.2, 0.25) is 11.9 Å². The maximum atomic E-state index is 13.4. The van der Waals surface area contributed by atoms with E-state index in [1.54, 1.807) is 23.1 Å². The Balaban J connectivity index is 1.55. The second kappa shape index (κ2) is 10.1. The van der Waals surface area contributed by atoms with Crippen LogP contribution in [0.1, 0.15) is 36.2 Å². The molecule has 0 fully saturated rings. The van der Waals surface area contributed by atoms with E-state index in [0.29, 0.717) is 22.9 Å². The van der Waals surface area contributed by atoms with Crippen LogP contribution in [0.15, 0.2) is 51.3 Å². The van der Waals surface area contributed by atoms with Gasteiger partial charge in [0.15, 0.2) is 0 Å². The summed E-state index contributed by atoms with van der Waals surface area (Å²) in [6.07, 6.45) is 0.441. The molecule has 0 atom stereocenters. The van der Waals surface area contributed by atoms with Crippen molar-refractivity contribution in [3.8, 4) is 5.75 Å². The third kappa shape index (κ3) is 6.20. The van der Waals surface area contributed by atoms with Gasteiger partial charge in [-0.05, 0) is 63.1 Å². The molecule has 0 saturated heterocycles. The zero-order chi connectivity index (χ0) is 26.0. The van der Waals surface area contributed by atoms with Gasteiger partial charge in [-0.25, -0.2) is 4.99 Å². The zero-order valence-corrected chi connectivity index (χ0v) is 21.0. The van der Waals surface area contributed by atoms with Gasteiger partial charge in [-0.3, -0.25) is 9.69 Å². The van der Waals surface area contributed by atoms with Crippen molar-refractivity contribution in [3.63, 3.8) is 0 Å². The second-order valence-electron chi connectivity index (χ2n) is 8.26. The van der Waals surface area contributed by atoms with E-state index in [-0.39, 0.29) is 36.2 Å². The SMILES string of the molecule is Cc1ccc(C(=O)NCCCOc2ccc(N3C(N)=NC(N)=NC3(C)C)cc2Cl)cc1S(=O)(=O)F. The molecule has 35 heavy (non-hydrogen) atoms. The van der Waals surface area contributed by atoms with Crippen LogP contribution in [-0.4, -0.2) is 45.1 Å². The third-order valence-electron chi connectivity index (χ3n) is 5.14. The number of aliphatic imine (C=N–C) groups is 2. The van der Waals surface area contributed by atoms with Crippen molar-refractivity contribution in [2.24, 2.45) is 21.5 Å². The number of amides is 1. The highest BCUT2D eigenvalue weighted by Gasteiger charge is 2.33. The lowest BCUT2D eigenvalue weighted by molar-refractivity contribution is 0.0951. The first kappa shape index (κ1) is 26.2. The fourth-order valence-corrected chi connectivity index (χ4v) is 4.51. The number of hydrogen-bond acceptors (Lipinski definition) is 9. The number of hydrogen-bond donors (Lipinski definition) is 3. The van der Waals surface area contributed by atoms with Crippen LogP contribution in [0.5, 0.6) is 5.75 Å². The normalized spacial score (nSPS) is 15.3. The average molecular weight is 525 g/mol. The van der Waals surface area contributed by atoms with E-state index < -0.39 is 26.7 Å². The van der Waals surface area contributed by atoms with Gasteiger partial charge < -0.3 is 21.5 Å². The Labute approximate surface area is 208 Å². The molecule has 1 amide bonds. The second-order valence-corrected chi connectivity index (χ2v) is 9.98. The number of ether oxygens (including phenoxy) is 1. The van der Waals surface area contributed by atoms with E-state index in [2.05, 4.69) is 15.3 Å². The Kier molecular flexibility index (Phi) is 7.56. The Morgan fingerprint density at radius 3 is 2.57 bits per heavy atom. The van der Waals surface area contributed by atoms with Crippen molar-refractivity contribution in [2.75, 3.05) is 18.1 Å². The molecule has 5 N–H and O–H groups in total. The van der Waals surface area contributed by atoms with Gasteiger partial charge in [-0.15, -0.1) is 3.89 Å². The summed E-state index contributed by atoms with van der Waals surface area (Å²) in [5.41, 5.74) is 11.9. The van der Waals surface area contributed by atoms with Crippen LogP contribution in [0, 0.1) is 6.92 Å². The van der Waals surface area contributed by atoms with Crippen molar-refractivity contribution < 1.29 is 21.8 Å². The zero-order valence-electron chi connectivity index (χ0n) is 19.4. The Morgan fingerprint density at radius 2 is 1.94 bits per heavy atom. The fourth-order valence-electron chi connectivity index (χ4n) is 3.56. The molecule has 2 aromatic rings. The maximum absolute atomic E-state index is 13.4. The van der Waals surface area contributed by atoms with Crippen LogP contribution in [0.4, 0.5) is 9.57 Å². The smallest absolute Gasteiger partial charge is 0.332 e. The first-order chi connectivity index (χ1) is 16.3. The summed E-state index contributed by atoms with van der Waals surface area (Å²) in [7, 11) is -4.92. The molecule has 0 saturated carbocycles. The molecule has 0 aliphatic carbocycles. The standard InChI is InChI=1S/C22H26ClFN6O4S/c1-13-5-6-14(11-18(13)35(24,32)33)19(31)27-9-4-10-34-17-8-7-15(12-16(17)23)30-21(26)28-20(25)29-22(30,2)3/h5-8,11-12H,4,9-10H2,1-3H3,(H,27,31)(H4,25,26,28,29). The van der Waals surface area contributed by atoms with Crippen LogP contribution in [0.3, 0.4) is 0 Å². The number of benzene rings is 2. The molecule has 13 heteroatoms. The number of nitrogens with one attached hydrogen (secondary N) is 1. The quantitative estimate of drug-likeness (QED) is 0.354. The predicted octanol–water partition coefficient (Wildman–Crippen LogP) is 2.69. The van der Waals surface area contributed by atoms with Crippen molar-refractivity contribution in [2.45, 2.75) is 37.8 Å². The van der Waals surface area contributed by atoms with Gasteiger partial charge >= 0.3 is 10.2 Å². The highest BCUT2D eigenvalue weighted by Crippen LogP contribution is 2.33. The largest absolute Gasteiger partial charge is 0.492 e. The molecule has 188 valence electrons. The number of guanidine groups is 2. The molecule has 1 aliphatic rings. The Bertz CT molecular complexity index is 1310. The van der Waals surface area contributed by atoms with Gasteiger partial charge in [0.1, 0.15) is 16.3 Å². The van der Waals surface area contributed by atoms with E-state index in [0.717, 1.165) is 6.07 Å². The summed E-state index contributed by atoms with van der Waals surface area (Å²) in [6.45, 7) is 5.61. The number of aryl methyl sites for hydroxylation is 1. The van der Waals surface area contributed by atoms with Crippen LogP contribution in [0.25, 0.3) is 0 Å². The summed E-state index contributed by atoms with van der Waals surface area (Å²) in [5.74, 6) is 0.195. The lowest BCUT2D eigenvalue weighted by atomic mass is 10.1. The number of nitrogens with two attached hydrogens (primary N) is 2. The van der Waals surface area contributed by atoms with E-state index in [4.69, 9.17) is 27.8 Å². The lowest BCUT2D eigenvalue weighted by Crippen LogP contribution is -2.54. The summed E-state index contributed by atoms with van der Waals surface area (Å²) < 4.78 is 41.5. The van der Waals surface area contributed by atoms with Gasteiger partial charge in [0, 0.05) is 17.8 Å². The topological polar surface area (TPSA) is 152 Å². The van der Waals surface area contributed by atoms with E-state index in [1.165, 1.54) is 19.1 Å². The highest BCUT2D eigenvalue weighted by atomic mass is 35.5. The molecule has 0 spiro atoms. The number of anilines is 1. The minimum atomic E-state index is -4.92. The lowest BCUT2D eigenvalue weighted by Gasteiger charge is -2.38. The highest BCUT2D eigenvalue weighted by molar-refractivity contribution is 7.86. The summed E-state index contributed by atoms with van der Waals surface area (Å²) >= 11 is 6.38. The molecule has 3 rings (SSSR count). The van der Waals surface area contributed by atoms with Gasteiger partial charge in [-0.1, -0.05) is 17.7 Å². The van der Waals surface area contributed by atoms with Crippen LogP contribution < -0.4 is 26.4 Å². The van der Waals surface area contributed by atoms with E-state index in [9.17, 15) is 17.1 Å². The molecule has 2 aromatic carbocycles. The number of halogens is 2. The van der Waals surface area contributed by atoms with Crippen molar-refractivity contribution in [3.05, 3.63) is 52.5 Å². The van der Waals surface area contributed by atoms with Crippen molar-refractivity contribution >= 4 is 45.3 Å². The van der Waals surface area contributed by atoms with Gasteiger partial charge in [0.05, 0.1) is 11.6 Å². The summed E-state index contributed by atoms with van der Waals surface area (Å²) in [5, 5.41) is 2.99. The van der Waals surface area contributed by atoms with Crippen LogP contribution in [0.2, 0.25) is 5.02 Å². The monoisotopic (exact) mass is 524 g/mol. The fraction of sp³-hybridized carbons (Fsp3) is 0.318. The first-order valence-electron chi connectivity index (χ1n) is 10.5. The number of nitrogens with zero attached hydrogens (tertiary/aromatic N) is 3. The number of carbonyl (C=O) groups excluding carboxylic acids is 1. The summed E-state index contributed by atoms with van der Waals surface area (Å²) in [4.78, 5) is 21.8. The Morgan fingerprint density at radius 1 is 1.23 bits per heavy atom. The van der Waals surface area contributed by atoms with E-state index in [1.807, 2.05) is 13.8 Å². The molecule has 10 nitrogen and oxygen atoms in total. The summed E-state index contributed by atoms with van der Waals surface area (Å²) in [6, 6.07) is 8.94. The van der Waals surface area contributed by atoms with E-state index >= 15 is 0 Å². The molecule has 0 bridgehead atoms. The van der Waals surface area contributed by atoms with Crippen LogP contribution in [-0.2, 0) is 10.2 Å². The van der Waals surface area contributed by atoms with Gasteiger partial charge in [0.25, 0.3) is 5.91 Å². The molecule has 0 aromatic heterocycles. The third-order valence-corrected chi connectivity index (χ3v) is 6.41. The average Bonchev–Trinajstić information content (AvgIpc) is 2.72. The molecule has 1 heterocycles.